The van der Waals surface area contributed by atoms with Crippen molar-refractivity contribution < 1.29 is 28.5 Å². The molecule has 0 radical (unpaired) electrons. The molecule has 0 atom stereocenters. The number of methoxy groups -OCH3 is 1. The second-order valence-corrected chi connectivity index (χ2v) is 12.4. The van der Waals surface area contributed by atoms with Gasteiger partial charge in [0.05, 0.1) is 25.5 Å². The number of anilines is 1. The number of esters is 2. The first-order chi connectivity index (χ1) is 23.9. The molecule has 0 fully saturated rings. The van der Waals surface area contributed by atoms with Gasteiger partial charge < -0.3 is 24.3 Å². The van der Waals surface area contributed by atoms with Gasteiger partial charge in [0.25, 0.3) is 0 Å². The van der Waals surface area contributed by atoms with Crippen LogP contribution in [0.4, 0.5) is 5.69 Å². The molecule has 0 unspecified atom stereocenters. The number of hydrogen-bond acceptors (Lipinski definition) is 9. The molecule has 0 amide bonds. The molecule has 11 heteroatoms. The molecule has 2 N–H and O–H groups in total. The lowest BCUT2D eigenvalue weighted by Crippen LogP contribution is -2.23. The van der Waals surface area contributed by atoms with E-state index in [1.807, 2.05) is 79.7 Å². The van der Waals surface area contributed by atoms with E-state index in [-0.39, 0.29) is 12.6 Å². The molecule has 4 aromatic carbocycles. The van der Waals surface area contributed by atoms with Crippen LogP contribution in [0.1, 0.15) is 59.7 Å². The number of nitrogens with zero attached hydrogens (tertiary/aromatic N) is 1. The normalized spacial score (nSPS) is 10.7. The smallest absolute Gasteiger partial charge is 0.337 e. The number of nitrogens with one attached hydrogen (secondary N) is 2. The molecule has 0 aliphatic rings. The van der Waals surface area contributed by atoms with E-state index in [0.717, 1.165) is 52.3 Å². The zero-order valence-electron chi connectivity index (χ0n) is 27.7. The number of ether oxygens (including phenoxy) is 4. The summed E-state index contributed by atoms with van der Waals surface area (Å²) >= 11 is 7.25. The third-order valence-corrected chi connectivity index (χ3v) is 8.25. The number of carbonyl (C=O) groups is 2. The van der Waals surface area contributed by atoms with Crippen molar-refractivity contribution in [1.82, 2.24) is 5.43 Å². The molecule has 0 aliphatic heterocycles. The van der Waals surface area contributed by atoms with Crippen LogP contribution < -0.4 is 20.2 Å². The lowest BCUT2D eigenvalue weighted by Gasteiger charge is -2.12. The van der Waals surface area contributed by atoms with Gasteiger partial charge in [0.1, 0.15) is 24.7 Å². The van der Waals surface area contributed by atoms with E-state index >= 15 is 0 Å². The van der Waals surface area contributed by atoms with Crippen molar-refractivity contribution in [2.75, 3.05) is 24.8 Å². The van der Waals surface area contributed by atoms with Crippen molar-refractivity contribution in [3.63, 3.8) is 0 Å². The second-order valence-electron chi connectivity index (χ2n) is 10.8. The summed E-state index contributed by atoms with van der Waals surface area (Å²) in [5.41, 5.74) is 6.78. The van der Waals surface area contributed by atoms with E-state index in [9.17, 15) is 9.59 Å². The number of carbonyl (C=O) groups excluding carboxylic acids is 2. The summed E-state index contributed by atoms with van der Waals surface area (Å²) < 4.78 is 22.0. The monoisotopic (exact) mass is 699 g/mol. The third kappa shape index (κ3) is 13.6. The van der Waals surface area contributed by atoms with E-state index in [1.54, 1.807) is 36.2 Å². The van der Waals surface area contributed by atoms with Gasteiger partial charge in [-0.15, -0.1) is 11.8 Å². The summed E-state index contributed by atoms with van der Waals surface area (Å²) in [6.07, 6.45) is 4.96. The number of thiocarbonyl (C=S) groups is 1. The summed E-state index contributed by atoms with van der Waals surface area (Å²) in [6, 6.07) is 30.6. The molecule has 4 rings (SSSR count). The number of benzene rings is 4. The Labute approximate surface area is 297 Å². The van der Waals surface area contributed by atoms with Crippen LogP contribution >= 0.6 is 24.0 Å². The quantitative estimate of drug-likeness (QED) is 0.0264. The lowest BCUT2D eigenvalue weighted by molar-refractivity contribution is -0.143. The highest BCUT2D eigenvalue weighted by molar-refractivity contribution is 7.99. The number of hydrogen-bond donors (Lipinski definition) is 2. The van der Waals surface area contributed by atoms with Gasteiger partial charge in [0, 0.05) is 28.6 Å². The minimum absolute atomic E-state index is 0.125. The molecule has 256 valence electrons. The summed E-state index contributed by atoms with van der Waals surface area (Å²) in [5, 5.41) is 7.87. The summed E-state index contributed by atoms with van der Waals surface area (Å²) in [6.45, 7) is 2.88. The Balaban J connectivity index is 1.32. The van der Waals surface area contributed by atoms with Crippen molar-refractivity contribution in [2.45, 2.75) is 50.7 Å². The fraction of sp³-hybridized carbons (Fsp3) is 0.263. The van der Waals surface area contributed by atoms with E-state index in [1.165, 1.54) is 7.11 Å². The fourth-order valence-electron chi connectivity index (χ4n) is 4.61. The first-order valence-corrected chi connectivity index (χ1v) is 17.4. The van der Waals surface area contributed by atoms with Crippen molar-refractivity contribution in [3.05, 3.63) is 119 Å². The summed E-state index contributed by atoms with van der Waals surface area (Å²) in [4.78, 5) is 24.6. The zero-order chi connectivity index (χ0) is 34.7. The highest BCUT2D eigenvalue weighted by atomic mass is 32.2. The molecule has 0 saturated heterocycles. The lowest BCUT2D eigenvalue weighted by atomic mass is 10.1. The minimum atomic E-state index is -0.404. The first-order valence-electron chi connectivity index (χ1n) is 16.0. The molecule has 0 aliphatic carbocycles. The van der Waals surface area contributed by atoms with Crippen LogP contribution in [0.5, 0.6) is 11.5 Å². The fourth-order valence-corrected chi connectivity index (χ4v) is 5.75. The van der Waals surface area contributed by atoms with Crippen LogP contribution in [-0.4, -0.2) is 42.7 Å². The molecular weight excluding hydrogens is 659 g/mol. The van der Waals surface area contributed by atoms with Crippen LogP contribution in [0.25, 0.3) is 0 Å². The average Bonchev–Trinajstić information content (AvgIpc) is 3.12. The molecule has 0 aromatic heterocycles. The van der Waals surface area contributed by atoms with Gasteiger partial charge in [0.15, 0.2) is 5.11 Å². The number of rotatable bonds is 18. The van der Waals surface area contributed by atoms with Crippen molar-refractivity contribution in [1.29, 1.82) is 0 Å². The molecule has 0 bridgehead atoms. The maximum absolute atomic E-state index is 12.0. The molecular formula is C38H41N3O6S2. The number of unbranched alkanes of at least 4 members (excludes halogenated alkanes) is 2. The van der Waals surface area contributed by atoms with E-state index in [4.69, 9.17) is 31.2 Å². The van der Waals surface area contributed by atoms with Crippen LogP contribution in [-0.2, 0) is 27.5 Å². The van der Waals surface area contributed by atoms with Crippen LogP contribution in [0.15, 0.2) is 107 Å². The maximum Gasteiger partial charge on any atom is 0.337 e. The van der Waals surface area contributed by atoms with Crippen LogP contribution in [0, 0.1) is 0 Å². The van der Waals surface area contributed by atoms with E-state index in [2.05, 4.69) is 21.9 Å². The molecule has 0 saturated carbocycles. The van der Waals surface area contributed by atoms with Gasteiger partial charge in [0.2, 0.25) is 0 Å². The molecule has 49 heavy (non-hydrogen) atoms. The van der Waals surface area contributed by atoms with Gasteiger partial charge in [-0.2, -0.15) is 5.10 Å². The Bertz CT molecular complexity index is 1700. The third-order valence-electron chi connectivity index (χ3n) is 6.98. The predicted octanol–water partition coefficient (Wildman–Crippen LogP) is 8.17. The summed E-state index contributed by atoms with van der Waals surface area (Å²) in [7, 11) is 1.35. The average molecular weight is 700 g/mol. The maximum atomic E-state index is 12.0. The van der Waals surface area contributed by atoms with Gasteiger partial charge in [-0.1, -0.05) is 55.0 Å². The molecule has 9 nitrogen and oxygen atoms in total. The van der Waals surface area contributed by atoms with Gasteiger partial charge in [-0.3, -0.25) is 10.2 Å². The summed E-state index contributed by atoms with van der Waals surface area (Å²) in [5.74, 6) is 1.61. The highest BCUT2D eigenvalue weighted by Gasteiger charge is 2.08. The van der Waals surface area contributed by atoms with Crippen LogP contribution in [0.3, 0.4) is 0 Å². The Morgan fingerprint density at radius 3 is 2.33 bits per heavy atom. The SMILES string of the molecule is CCOC(=O)CCCCCSc1cccc(NC(=S)N/N=C/c2cc(OCc3ccccc3)cc(OCc3cccc(C(=O)OC)c3)c2)c1. The topological polar surface area (TPSA) is 107 Å². The molecule has 0 heterocycles. The first kappa shape index (κ1) is 37.0. The molecule has 0 spiro atoms. The Kier molecular flexibility index (Phi) is 15.5. The standard InChI is InChI=1S/C38H41N3O6S2/c1-3-45-36(42)18-8-5-9-19-49-35-17-11-16-32(23-35)40-38(48)41-39-25-30-21-33(46-26-28-12-6-4-7-13-28)24-34(22-30)47-27-29-14-10-15-31(20-29)37(43)44-2/h4,6-7,10-17,20-25H,3,5,8-9,18-19,26-27H2,1-2H3,(H2,40,41,48)/b39-25+. The Morgan fingerprint density at radius 2 is 1.57 bits per heavy atom. The van der Waals surface area contributed by atoms with Gasteiger partial charge >= 0.3 is 11.9 Å². The Morgan fingerprint density at radius 1 is 0.837 bits per heavy atom. The van der Waals surface area contributed by atoms with E-state index in [0.29, 0.717) is 41.8 Å². The van der Waals surface area contributed by atoms with Crippen molar-refractivity contribution in [2.24, 2.45) is 5.10 Å². The zero-order valence-corrected chi connectivity index (χ0v) is 29.3. The largest absolute Gasteiger partial charge is 0.489 e. The highest BCUT2D eigenvalue weighted by Crippen LogP contribution is 2.25. The van der Waals surface area contributed by atoms with E-state index < -0.39 is 5.97 Å². The van der Waals surface area contributed by atoms with Crippen molar-refractivity contribution >= 4 is 52.9 Å². The number of hydrazone groups is 1. The second kappa shape index (κ2) is 20.5. The predicted molar refractivity (Wildman–Crippen MR) is 199 cm³/mol. The molecule has 4 aromatic rings. The minimum Gasteiger partial charge on any atom is -0.489 e. The Hall–Kier alpha value is -4.87. The number of thioether (sulfide) groups is 1. The van der Waals surface area contributed by atoms with Crippen molar-refractivity contribution in [3.8, 4) is 11.5 Å². The van der Waals surface area contributed by atoms with Gasteiger partial charge in [-0.05, 0) is 91.3 Å². The van der Waals surface area contributed by atoms with Gasteiger partial charge in [-0.25, -0.2) is 4.79 Å². The van der Waals surface area contributed by atoms with Crippen LogP contribution in [0.2, 0.25) is 0 Å².